The number of nitrogens with two attached hydrogens (primary N) is 3. The van der Waals surface area contributed by atoms with Crippen LogP contribution in [-0.2, 0) is 0 Å². The second kappa shape index (κ2) is 4.25. The van der Waals surface area contributed by atoms with Gasteiger partial charge in [0.15, 0.2) is 0 Å². The first-order valence-electron chi connectivity index (χ1n) is 5.20. The second-order valence-electron chi connectivity index (χ2n) is 3.84. The monoisotopic (exact) mass is 229 g/mol. The van der Waals surface area contributed by atoms with E-state index >= 15 is 0 Å². The molecule has 4 nitrogen and oxygen atoms in total. The molecule has 0 aromatic heterocycles. The molecular weight excluding hydrogens is 214 g/mol. The molecule has 0 aliphatic rings. The van der Waals surface area contributed by atoms with Crippen LogP contribution in [0, 0.1) is 0 Å². The maximum Gasteiger partial charge on any atom is 0.121 e. The molecule has 0 bridgehead atoms. The van der Waals surface area contributed by atoms with E-state index in [0.717, 1.165) is 11.1 Å². The number of ether oxygens (including phenoxy) is 1. The van der Waals surface area contributed by atoms with Crippen molar-refractivity contribution in [2.75, 3.05) is 24.3 Å². The maximum atomic E-state index is 5.93. The molecule has 0 fully saturated rings. The van der Waals surface area contributed by atoms with E-state index in [0.29, 0.717) is 22.8 Å². The molecule has 0 unspecified atom stereocenters. The minimum absolute atomic E-state index is 0.623. The van der Waals surface area contributed by atoms with Crippen molar-refractivity contribution in [2.24, 2.45) is 0 Å². The van der Waals surface area contributed by atoms with E-state index in [2.05, 4.69) is 0 Å². The Kier molecular flexibility index (Phi) is 2.78. The SMILES string of the molecule is COc1cc(N)cc(-c2ccc(N)cc2N)c1. The summed E-state index contributed by atoms with van der Waals surface area (Å²) < 4.78 is 5.18. The fourth-order valence-electron chi connectivity index (χ4n) is 1.74. The van der Waals surface area contributed by atoms with Crippen LogP contribution in [0.15, 0.2) is 36.4 Å². The largest absolute Gasteiger partial charge is 0.497 e. The molecule has 0 amide bonds. The second-order valence-corrected chi connectivity index (χ2v) is 3.84. The Morgan fingerprint density at radius 1 is 0.882 bits per heavy atom. The highest BCUT2D eigenvalue weighted by Crippen LogP contribution is 2.31. The Bertz CT molecular complexity index is 552. The molecule has 0 spiro atoms. The summed E-state index contributed by atoms with van der Waals surface area (Å²) in [6.45, 7) is 0. The number of hydrogen-bond donors (Lipinski definition) is 3. The highest BCUT2D eigenvalue weighted by Gasteiger charge is 2.05. The van der Waals surface area contributed by atoms with Gasteiger partial charge in [-0.3, -0.25) is 0 Å². The van der Waals surface area contributed by atoms with Crippen LogP contribution in [-0.4, -0.2) is 7.11 Å². The van der Waals surface area contributed by atoms with E-state index in [4.69, 9.17) is 21.9 Å². The van der Waals surface area contributed by atoms with E-state index in [1.54, 1.807) is 25.3 Å². The average molecular weight is 229 g/mol. The van der Waals surface area contributed by atoms with Crippen molar-refractivity contribution in [2.45, 2.75) is 0 Å². The molecular formula is C13H15N3O. The van der Waals surface area contributed by atoms with Gasteiger partial charge in [-0.25, -0.2) is 0 Å². The van der Waals surface area contributed by atoms with Crippen molar-refractivity contribution < 1.29 is 4.74 Å². The minimum atomic E-state index is 0.623. The van der Waals surface area contributed by atoms with E-state index < -0.39 is 0 Å². The van der Waals surface area contributed by atoms with Gasteiger partial charge in [-0.1, -0.05) is 6.07 Å². The smallest absolute Gasteiger partial charge is 0.121 e. The van der Waals surface area contributed by atoms with Crippen LogP contribution >= 0.6 is 0 Å². The molecule has 88 valence electrons. The summed E-state index contributed by atoms with van der Waals surface area (Å²) in [4.78, 5) is 0. The van der Waals surface area contributed by atoms with Gasteiger partial charge in [0.05, 0.1) is 7.11 Å². The first-order chi connectivity index (χ1) is 8.10. The van der Waals surface area contributed by atoms with E-state index in [-0.39, 0.29) is 0 Å². The van der Waals surface area contributed by atoms with Crippen LogP contribution in [0.1, 0.15) is 0 Å². The summed E-state index contributed by atoms with van der Waals surface area (Å²) in [5.74, 6) is 0.705. The molecule has 0 heterocycles. The summed E-state index contributed by atoms with van der Waals surface area (Å²) in [6.07, 6.45) is 0. The van der Waals surface area contributed by atoms with Gasteiger partial charge in [0, 0.05) is 28.7 Å². The van der Waals surface area contributed by atoms with Crippen LogP contribution in [0.25, 0.3) is 11.1 Å². The summed E-state index contributed by atoms with van der Waals surface area (Å²) in [6, 6.07) is 10.9. The predicted molar refractivity (Wildman–Crippen MR) is 71.7 cm³/mol. The van der Waals surface area contributed by atoms with Gasteiger partial charge in [-0.15, -0.1) is 0 Å². The first kappa shape index (κ1) is 11.1. The van der Waals surface area contributed by atoms with Gasteiger partial charge in [-0.05, 0) is 29.8 Å². The van der Waals surface area contributed by atoms with Crippen molar-refractivity contribution in [3.05, 3.63) is 36.4 Å². The summed E-state index contributed by atoms with van der Waals surface area (Å²) in [5.41, 5.74) is 21.1. The van der Waals surface area contributed by atoms with Crippen molar-refractivity contribution in [1.29, 1.82) is 0 Å². The van der Waals surface area contributed by atoms with Crippen LogP contribution in [0.2, 0.25) is 0 Å². The lowest BCUT2D eigenvalue weighted by atomic mass is 10.0. The molecule has 17 heavy (non-hydrogen) atoms. The number of nitrogen functional groups attached to an aromatic ring is 3. The molecule has 2 aromatic rings. The first-order valence-corrected chi connectivity index (χ1v) is 5.20. The van der Waals surface area contributed by atoms with Gasteiger partial charge in [0.1, 0.15) is 5.75 Å². The lowest BCUT2D eigenvalue weighted by Gasteiger charge is -2.09. The standard InChI is InChI=1S/C13H15N3O/c1-17-11-5-8(4-10(15)6-11)12-3-2-9(14)7-13(12)16/h2-7H,14-16H2,1H3. The molecule has 0 saturated heterocycles. The number of anilines is 3. The van der Waals surface area contributed by atoms with Crippen molar-refractivity contribution in [3.8, 4) is 16.9 Å². The van der Waals surface area contributed by atoms with Gasteiger partial charge >= 0.3 is 0 Å². The third-order valence-corrected chi connectivity index (χ3v) is 2.55. The number of rotatable bonds is 2. The van der Waals surface area contributed by atoms with Crippen molar-refractivity contribution in [3.63, 3.8) is 0 Å². The third kappa shape index (κ3) is 2.25. The molecule has 4 heteroatoms. The molecule has 6 N–H and O–H groups in total. The zero-order valence-electron chi connectivity index (χ0n) is 9.60. The van der Waals surface area contributed by atoms with Crippen LogP contribution < -0.4 is 21.9 Å². The minimum Gasteiger partial charge on any atom is -0.497 e. The Labute approximate surface area is 100.0 Å². The lowest BCUT2D eigenvalue weighted by Crippen LogP contribution is -1.95. The Morgan fingerprint density at radius 2 is 1.65 bits per heavy atom. The fourth-order valence-corrected chi connectivity index (χ4v) is 1.74. The fraction of sp³-hybridized carbons (Fsp3) is 0.0769. The summed E-state index contributed by atoms with van der Waals surface area (Å²) in [5, 5.41) is 0. The highest BCUT2D eigenvalue weighted by atomic mass is 16.5. The summed E-state index contributed by atoms with van der Waals surface area (Å²) >= 11 is 0. The molecule has 0 aliphatic heterocycles. The zero-order chi connectivity index (χ0) is 12.4. The van der Waals surface area contributed by atoms with Crippen LogP contribution in [0.5, 0.6) is 5.75 Å². The molecule has 0 atom stereocenters. The van der Waals surface area contributed by atoms with E-state index in [9.17, 15) is 0 Å². The number of methoxy groups -OCH3 is 1. The maximum absolute atomic E-state index is 5.93. The Morgan fingerprint density at radius 3 is 2.29 bits per heavy atom. The van der Waals surface area contributed by atoms with Gasteiger partial charge in [0.25, 0.3) is 0 Å². The van der Waals surface area contributed by atoms with Gasteiger partial charge < -0.3 is 21.9 Å². The molecule has 0 aliphatic carbocycles. The Balaban J connectivity index is 2.55. The lowest BCUT2D eigenvalue weighted by molar-refractivity contribution is 0.415. The molecule has 0 radical (unpaired) electrons. The van der Waals surface area contributed by atoms with Gasteiger partial charge in [0.2, 0.25) is 0 Å². The van der Waals surface area contributed by atoms with Crippen molar-refractivity contribution >= 4 is 17.1 Å². The molecule has 0 saturated carbocycles. The number of benzene rings is 2. The zero-order valence-corrected chi connectivity index (χ0v) is 9.60. The highest BCUT2D eigenvalue weighted by molar-refractivity contribution is 5.81. The molecule has 2 aromatic carbocycles. The third-order valence-electron chi connectivity index (χ3n) is 2.55. The quantitative estimate of drug-likeness (QED) is 0.688. The Hall–Kier alpha value is -2.36. The topological polar surface area (TPSA) is 87.3 Å². The summed E-state index contributed by atoms with van der Waals surface area (Å²) in [7, 11) is 1.60. The average Bonchev–Trinajstić information content (AvgIpc) is 2.28. The normalized spacial score (nSPS) is 10.2. The number of hydrogen-bond acceptors (Lipinski definition) is 4. The van der Waals surface area contributed by atoms with E-state index in [1.165, 1.54) is 0 Å². The van der Waals surface area contributed by atoms with Gasteiger partial charge in [-0.2, -0.15) is 0 Å². The molecule has 2 rings (SSSR count). The van der Waals surface area contributed by atoms with Crippen molar-refractivity contribution in [1.82, 2.24) is 0 Å². The predicted octanol–water partition coefficient (Wildman–Crippen LogP) is 2.11. The van der Waals surface area contributed by atoms with E-state index in [1.807, 2.05) is 18.2 Å². The van der Waals surface area contributed by atoms with Crippen LogP contribution in [0.4, 0.5) is 17.1 Å². The van der Waals surface area contributed by atoms with Crippen LogP contribution in [0.3, 0.4) is 0 Å².